The number of ether oxygens (including phenoxy) is 40. The summed E-state index contributed by atoms with van der Waals surface area (Å²) >= 11 is 0. The Balaban J connectivity index is 3.12. The first-order chi connectivity index (χ1) is 65.2. The summed E-state index contributed by atoms with van der Waals surface area (Å²) in [5, 5.41) is 2.79. The van der Waals surface area contributed by atoms with E-state index in [0.717, 1.165) is 0 Å². The van der Waals surface area contributed by atoms with Crippen LogP contribution >= 0.6 is 0 Å². The molecule has 0 spiro atoms. The molecular weight excluding hydrogens is 1740 g/mol. The van der Waals surface area contributed by atoms with Crippen LogP contribution in [0.15, 0.2) is 0 Å². The summed E-state index contributed by atoms with van der Waals surface area (Å²) in [4.78, 5) is 22.5. The lowest BCUT2D eigenvalue weighted by molar-refractivity contribution is -0.122. The summed E-state index contributed by atoms with van der Waals surface area (Å²) in [6, 6.07) is 0. The highest BCUT2D eigenvalue weighted by Crippen LogP contribution is 1.97. The highest BCUT2D eigenvalue weighted by Gasteiger charge is 2.07. The smallest absolute Gasteiger partial charge is 0.222 e. The van der Waals surface area contributed by atoms with Crippen LogP contribution in [0.25, 0.3) is 0 Å². The average Bonchev–Trinajstić information content (AvgIpc) is 1.08. The van der Waals surface area contributed by atoms with Gasteiger partial charge in [0.25, 0.3) is 0 Å². The van der Waals surface area contributed by atoms with Gasteiger partial charge in [0.2, 0.25) is 11.8 Å². The number of nitrogens with one attached hydrogen (secondary N) is 1. The first-order valence-electron chi connectivity index (χ1n) is 46.2. The molecule has 0 saturated carbocycles. The van der Waals surface area contributed by atoms with Gasteiger partial charge in [0.15, 0.2) is 0 Å². The maximum absolute atomic E-state index is 11.9. The van der Waals surface area contributed by atoms with Gasteiger partial charge < -0.3 is 201 Å². The van der Waals surface area contributed by atoms with E-state index in [1.807, 2.05) is 0 Å². The number of carbonyl (C=O) groups is 2. The monoisotopic (exact) mass is 1920 g/mol. The molecule has 0 saturated heterocycles. The molecule has 0 aromatic rings. The number of hydrogen-bond donors (Lipinski definition) is 2. The van der Waals surface area contributed by atoms with Gasteiger partial charge in [0.1, 0.15) is 6.61 Å². The minimum atomic E-state index is -0.383. The lowest BCUT2D eigenvalue weighted by Gasteiger charge is -2.09. The fourth-order valence-electron chi connectivity index (χ4n) is 9.28. The number of terminal acetylenes is 1. The van der Waals surface area contributed by atoms with Crippen molar-refractivity contribution in [1.29, 1.82) is 0 Å². The first-order valence-corrected chi connectivity index (χ1v) is 46.2. The molecule has 0 heterocycles. The Morgan fingerprint density at radius 2 is 0.252 bits per heavy atom. The zero-order valence-electron chi connectivity index (χ0n) is 79.0. The van der Waals surface area contributed by atoms with E-state index in [-0.39, 0.29) is 31.3 Å². The van der Waals surface area contributed by atoms with Crippen LogP contribution in [-0.4, -0.2) is 547 Å². The standard InChI is InChI=1S/C87H170N2O42/c1-2-6-92-10-14-96-18-19-98-16-12-94-8-4-87(91)89-5-9-95-13-17-99-21-23-101-25-27-103-29-31-105-33-35-107-37-39-109-41-43-111-45-47-113-49-51-115-53-55-117-57-59-119-61-63-121-65-67-123-69-71-125-73-75-127-77-79-129-81-83-131-85-84-130-82-80-128-78-76-126-74-72-124-70-68-122-66-64-120-62-60-118-58-56-116-54-52-114-50-48-112-46-44-110-42-40-108-38-36-106-34-32-104-30-28-102-26-24-100-22-20-97-15-11-93-7-3-86(88)90/h1H,3-85H2,(H2,88,90)(H,89,91). The van der Waals surface area contributed by atoms with E-state index >= 15 is 0 Å². The minimum absolute atomic E-state index is 0.101. The Hall–Kier alpha value is -3.10. The molecule has 0 bridgehead atoms. The van der Waals surface area contributed by atoms with Crippen molar-refractivity contribution < 1.29 is 199 Å². The van der Waals surface area contributed by atoms with Gasteiger partial charge in [-0.25, -0.2) is 0 Å². The normalized spacial score (nSPS) is 11.7. The summed E-state index contributed by atoms with van der Waals surface area (Å²) < 4.78 is 220. The largest absolute Gasteiger partial charge is 0.379 e. The number of primary amides is 1. The van der Waals surface area contributed by atoms with Gasteiger partial charge >= 0.3 is 0 Å². The average molecular weight is 1920 g/mol. The zero-order chi connectivity index (χ0) is 93.5. The molecule has 0 aliphatic heterocycles. The van der Waals surface area contributed by atoms with E-state index in [4.69, 9.17) is 202 Å². The van der Waals surface area contributed by atoms with Crippen LogP contribution in [0.5, 0.6) is 0 Å². The number of hydrogen-bond acceptors (Lipinski definition) is 42. The summed E-state index contributed by atoms with van der Waals surface area (Å²) in [6.07, 6.45) is 5.57. The SMILES string of the molecule is C#CCOCCOCCOCCOCCC(=O)NCCOCCOCCOCCOCCOCCOCCOCCOCCOCCOCCOCCOCCOCCOCCOCCOCCOCCOCCOCCOCCOCCOCCOCCOCCOCCOCCOCCOCCOCCOCCOCCOCCOCCOCCOCCOCCC(N)=O. The Labute approximate surface area is 779 Å². The molecule has 0 aromatic heterocycles. The van der Waals surface area contributed by atoms with E-state index in [9.17, 15) is 9.59 Å². The molecule has 0 rings (SSSR count). The van der Waals surface area contributed by atoms with Crippen molar-refractivity contribution in [3.8, 4) is 12.3 Å². The third-order valence-electron chi connectivity index (χ3n) is 15.9. The van der Waals surface area contributed by atoms with Gasteiger partial charge in [-0.05, 0) is 0 Å². The van der Waals surface area contributed by atoms with E-state index in [2.05, 4.69) is 11.2 Å². The van der Waals surface area contributed by atoms with Crippen molar-refractivity contribution in [3.05, 3.63) is 0 Å². The van der Waals surface area contributed by atoms with E-state index in [1.165, 1.54) is 0 Å². The van der Waals surface area contributed by atoms with Crippen molar-refractivity contribution >= 4 is 11.8 Å². The van der Waals surface area contributed by atoms with Crippen molar-refractivity contribution in [2.75, 3.05) is 535 Å². The molecule has 3 N–H and O–H groups in total. The number of amides is 2. The van der Waals surface area contributed by atoms with Crippen LogP contribution in [0.4, 0.5) is 0 Å². The molecule has 44 heteroatoms. The molecule has 2 amide bonds. The van der Waals surface area contributed by atoms with Crippen LogP contribution < -0.4 is 11.1 Å². The molecular formula is C87H170N2O42. The Morgan fingerprint density at radius 3 is 0.366 bits per heavy atom. The van der Waals surface area contributed by atoms with E-state index in [0.29, 0.717) is 528 Å². The first kappa shape index (κ1) is 128. The summed E-state index contributed by atoms with van der Waals surface area (Å²) in [5.41, 5.74) is 5.04. The molecule has 0 atom stereocenters. The predicted molar refractivity (Wildman–Crippen MR) is 473 cm³/mol. The summed E-state index contributed by atoms with van der Waals surface area (Å²) in [5.74, 6) is 1.91. The van der Waals surface area contributed by atoms with Crippen LogP contribution in [0.1, 0.15) is 12.8 Å². The number of rotatable bonds is 124. The van der Waals surface area contributed by atoms with Crippen LogP contribution in [0.2, 0.25) is 0 Å². The van der Waals surface area contributed by atoms with Gasteiger partial charge in [-0.2, -0.15) is 0 Å². The van der Waals surface area contributed by atoms with Gasteiger partial charge in [0, 0.05) is 19.4 Å². The highest BCUT2D eigenvalue weighted by atomic mass is 16.6. The second-order valence-electron chi connectivity index (χ2n) is 26.5. The Kier molecular flexibility index (Phi) is 120. The third kappa shape index (κ3) is 125. The van der Waals surface area contributed by atoms with Crippen molar-refractivity contribution in [1.82, 2.24) is 5.32 Å². The summed E-state index contributed by atoms with van der Waals surface area (Å²) in [6.45, 7) is 37.1. The predicted octanol–water partition coefficient (Wildman–Crippen LogP) is -0.335. The topological polar surface area (TPSA) is 441 Å². The second kappa shape index (κ2) is 123. The zero-order valence-corrected chi connectivity index (χ0v) is 79.0. The molecule has 0 aliphatic rings. The fraction of sp³-hybridized carbons (Fsp3) is 0.954. The lowest BCUT2D eigenvalue weighted by atomic mass is 10.4. The minimum Gasteiger partial charge on any atom is -0.379 e. The van der Waals surface area contributed by atoms with Crippen molar-refractivity contribution in [2.45, 2.75) is 12.8 Å². The molecule has 131 heavy (non-hydrogen) atoms. The maximum Gasteiger partial charge on any atom is 0.222 e. The third-order valence-corrected chi connectivity index (χ3v) is 15.9. The van der Waals surface area contributed by atoms with Crippen LogP contribution in [0, 0.1) is 12.3 Å². The number of carbonyl (C=O) groups excluding carboxylic acids is 2. The lowest BCUT2D eigenvalue weighted by Crippen LogP contribution is -2.28. The molecule has 780 valence electrons. The van der Waals surface area contributed by atoms with E-state index < -0.39 is 0 Å². The molecule has 0 aliphatic carbocycles. The van der Waals surface area contributed by atoms with Gasteiger partial charge in [-0.15, -0.1) is 6.42 Å². The Morgan fingerprint density at radius 1 is 0.153 bits per heavy atom. The number of nitrogens with two attached hydrogens (primary N) is 1. The van der Waals surface area contributed by atoms with E-state index in [1.54, 1.807) is 0 Å². The molecule has 0 unspecified atom stereocenters. The maximum atomic E-state index is 11.9. The molecule has 44 nitrogen and oxygen atoms in total. The summed E-state index contributed by atoms with van der Waals surface area (Å²) in [7, 11) is 0. The highest BCUT2D eigenvalue weighted by molar-refractivity contribution is 5.75. The molecule has 0 aromatic carbocycles. The van der Waals surface area contributed by atoms with Gasteiger partial charge in [-0.3, -0.25) is 9.59 Å². The fourth-order valence-corrected chi connectivity index (χ4v) is 9.28. The van der Waals surface area contributed by atoms with Gasteiger partial charge in [0.05, 0.1) is 522 Å². The Bertz CT molecular complexity index is 2100. The quantitative estimate of drug-likeness (QED) is 0.0581. The van der Waals surface area contributed by atoms with Crippen LogP contribution in [-0.2, 0) is 199 Å². The molecule has 0 fully saturated rings. The molecule has 0 radical (unpaired) electrons. The second-order valence-corrected chi connectivity index (χ2v) is 26.5. The van der Waals surface area contributed by atoms with Crippen LogP contribution in [0.3, 0.4) is 0 Å². The van der Waals surface area contributed by atoms with Crippen molar-refractivity contribution in [2.24, 2.45) is 5.73 Å². The van der Waals surface area contributed by atoms with Crippen molar-refractivity contribution in [3.63, 3.8) is 0 Å². The van der Waals surface area contributed by atoms with Gasteiger partial charge in [-0.1, -0.05) is 5.92 Å².